The van der Waals surface area contributed by atoms with Crippen LogP contribution < -0.4 is 11.5 Å². The van der Waals surface area contributed by atoms with Crippen molar-refractivity contribution in [3.8, 4) is 0 Å². The number of rotatable bonds is 6. The quantitative estimate of drug-likeness (QED) is 0.412. The number of nitrogens with two attached hydrogens (primary N) is 2. The Balaban J connectivity index is 0.000000235. The van der Waals surface area contributed by atoms with Crippen LogP contribution in [0.5, 0.6) is 0 Å². The number of hydrogen-bond donors (Lipinski definition) is 3. The van der Waals surface area contributed by atoms with Crippen LogP contribution in [0, 0.1) is 0 Å². The van der Waals surface area contributed by atoms with Crippen molar-refractivity contribution in [2.45, 2.75) is 50.3 Å². The normalized spacial score (nSPS) is 14.7. The van der Waals surface area contributed by atoms with Crippen LogP contribution in [0.3, 0.4) is 0 Å². The van der Waals surface area contributed by atoms with Gasteiger partial charge in [-0.3, -0.25) is 0 Å². The number of aliphatic hydroxyl groups excluding tert-OH is 1. The van der Waals surface area contributed by atoms with E-state index in [4.69, 9.17) is 32.9 Å². The van der Waals surface area contributed by atoms with Gasteiger partial charge >= 0.3 is 0 Å². The molecule has 2 rings (SSSR count). The summed E-state index contributed by atoms with van der Waals surface area (Å²) in [7, 11) is 0. The highest BCUT2D eigenvalue weighted by molar-refractivity contribution is 7.99. The summed E-state index contributed by atoms with van der Waals surface area (Å²) in [5.41, 5.74) is 11.3. The van der Waals surface area contributed by atoms with Gasteiger partial charge in [0.1, 0.15) is 5.69 Å². The molecular formula is C14H25ClN4O2S. The zero-order valence-corrected chi connectivity index (χ0v) is 14.5. The van der Waals surface area contributed by atoms with Crippen LogP contribution in [0.25, 0.3) is 0 Å². The predicted molar refractivity (Wildman–Crippen MR) is 92.2 cm³/mol. The molecule has 6 nitrogen and oxygen atoms in total. The summed E-state index contributed by atoms with van der Waals surface area (Å²) in [6.45, 7) is 2.76. The Morgan fingerprint density at radius 2 is 2.00 bits per heavy atom. The second-order valence-corrected chi connectivity index (χ2v) is 6.37. The SMILES string of the molecule is CCCSc1nc(N)c(N)c(Cl)n1.OCCOC1CCCC1. The predicted octanol–water partition coefficient (Wildman–Crippen LogP) is 2.73. The summed E-state index contributed by atoms with van der Waals surface area (Å²) in [6, 6.07) is 0. The van der Waals surface area contributed by atoms with Gasteiger partial charge in [-0.1, -0.05) is 43.1 Å². The first kappa shape index (κ1) is 19.3. The Labute approximate surface area is 141 Å². The Hall–Kier alpha value is -0.760. The number of hydrogen-bond acceptors (Lipinski definition) is 7. The summed E-state index contributed by atoms with van der Waals surface area (Å²) in [5.74, 6) is 1.19. The van der Waals surface area contributed by atoms with Gasteiger partial charge < -0.3 is 21.3 Å². The number of aromatic nitrogens is 2. The molecule has 1 aliphatic carbocycles. The van der Waals surface area contributed by atoms with E-state index >= 15 is 0 Å². The van der Waals surface area contributed by atoms with Crippen molar-refractivity contribution in [2.75, 3.05) is 30.4 Å². The second kappa shape index (κ2) is 10.9. The van der Waals surface area contributed by atoms with Crippen molar-refractivity contribution in [2.24, 2.45) is 0 Å². The largest absolute Gasteiger partial charge is 0.394 e. The number of halogens is 1. The molecule has 1 aliphatic rings. The minimum atomic E-state index is 0.163. The summed E-state index contributed by atoms with van der Waals surface area (Å²) < 4.78 is 5.30. The number of nitrogen functional groups attached to an aromatic ring is 2. The highest BCUT2D eigenvalue weighted by atomic mass is 35.5. The van der Waals surface area contributed by atoms with Crippen molar-refractivity contribution < 1.29 is 9.84 Å². The van der Waals surface area contributed by atoms with E-state index in [0.29, 0.717) is 17.9 Å². The van der Waals surface area contributed by atoms with Crippen molar-refractivity contribution >= 4 is 34.9 Å². The topological polar surface area (TPSA) is 107 Å². The van der Waals surface area contributed by atoms with Crippen LogP contribution in [0.15, 0.2) is 5.16 Å². The maximum absolute atomic E-state index is 8.40. The molecule has 8 heteroatoms. The summed E-state index contributed by atoms with van der Waals surface area (Å²) in [4.78, 5) is 7.97. The fraction of sp³-hybridized carbons (Fsp3) is 0.714. The molecule has 0 aromatic carbocycles. The molecule has 0 atom stereocenters. The molecule has 0 amide bonds. The van der Waals surface area contributed by atoms with Crippen LogP contribution in [0.1, 0.15) is 39.0 Å². The smallest absolute Gasteiger partial charge is 0.191 e. The monoisotopic (exact) mass is 348 g/mol. The first-order valence-corrected chi connectivity index (χ1v) is 8.88. The van der Waals surface area contributed by atoms with Crippen LogP contribution in [0.4, 0.5) is 11.5 Å². The Morgan fingerprint density at radius 1 is 1.32 bits per heavy atom. The Kier molecular flexibility index (Phi) is 9.54. The molecule has 1 saturated carbocycles. The second-order valence-electron chi connectivity index (χ2n) is 4.95. The van der Waals surface area contributed by atoms with E-state index < -0.39 is 0 Å². The van der Waals surface area contributed by atoms with Gasteiger partial charge in [-0.05, 0) is 19.3 Å². The average Bonchev–Trinajstić information content (AvgIpc) is 3.02. The minimum absolute atomic E-state index is 0.163. The third-order valence-corrected chi connectivity index (χ3v) is 4.43. The molecule has 1 aromatic heterocycles. The van der Waals surface area contributed by atoms with E-state index in [1.165, 1.54) is 37.4 Å². The van der Waals surface area contributed by atoms with E-state index in [1.54, 1.807) is 0 Å². The minimum Gasteiger partial charge on any atom is -0.394 e. The molecule has 0 spiro atoms. The number of ether oxygens (including phenoxy) is 1. The van der Waals surface area contributed by atoms with Gasteiger partial charge in [0.25, 0.3) is 0 Å². The van der Waals surface area contributed by atoms with Crippen molar-refractivity contribution in [3.05, 3.63) is 5.15 Å². The van der Waals surface area contributed by atoms with Gasteiger partial charge in [-0.2, -0.15) is 0 Å². The molecule has 0 unspecified atom stereocenters. The van der Waals surface area contributed by atoms with Gasteiger partial charge in [0.05, 0.1) is 19.3 Å². The molecule has 1 aromatic rings. The van der Waals surface area contributed by atoms with Crippen molar-refractivity contribution in [1.29, 1.82) is 0 Å². The van der Waals surface area contributed by atoms with E-state index in [9.17, 15) is 0 Å². The third-order valence-electron chi connectivity index (χ3n) is 3.09. The molecule has 0 bridgehead atoms. The lowest BCUT2D eigenvalue weighted by Crippen LogP contribution is -2.10. The van der Waals surface area contributed by atoms with Gasteiger partial charge in [0.15, 0.2) is 16.1 Å². The fourth-order valence-electron chi connectivity index (χ4n) is 1.97. The van der Waals surface area contributed by atoms with Crippen LogP contribution in [0.2, 0.25) is 5.15 Å². The van der Waals surface area contributed by atoms with Crippen molar-refractivity contribution in [3.63, 3.8) is 0 Å². The molecule has 0 saturated heterocycles. The van der Waals surface area contributed by atoms with Crippen molar-refractivity contribution in [1.82, 2.24) is 9.97 Å². The lowest BCUT2D eigenvalue weighted by Gasteiger charge is -2.07. The Morgan fingerprint density at radius 3 is 2.55 bits per heavy atom. The molecule has 0 aliphatic heterocycles. The van der Waals surface area contributed by atoms with Crippen LogP contribution in [-0.2, 0) is 4.74 Å². The third kappa shape index (κ3) is 7.00. The lowest BCUT2D eigenvalue weighted by molar-refractivity contribution is 0.0331. The van der Waals surface area contributed by atoms with Gasteiger partial charge in [0, 0.05) is 5.75 Å². The Bertz CT molecular complexity index is 422. The first-order valence-electron chi connectivity index (χ1n) is 7.52. The summed E-state index contributed by atoms with van der Waals surface area (Å²) in [5, 5.41) is 9.21. The highest BCUT2D eigenvalue weighted by Gasteiger charge is 2.14. The standard InChI is InChI=1S/C7H11ClN4S.C7H14O2/c1-2-3-13-7-11-5(8)4(9)6(10)12-7;8-5-6-9-7-3-1-2-4-7/h2-3,9H2,1H3,(H2,10,11,12);7-8H,1-6H2. The maximum Gasteiger partial charge on any atom is 0.191 e. The zero-order chi connectivity index (χ0) is 16.4. The number of nitrogens with zero attached hydrogens (tertiary/aromatic N) is 2. The average molecular weight is 349 g/mol. The zero-order valence-electron chi connectivity index (χ0n) is 12.9. The molecule has 0 radical (unpaired) electrons. The molecule has 22 heavy (non-hydrogen) atoms. The molecule has 1 heterocycles. The first-order chi connectivity index (χ1) is 10.6. The summed E-state index contributed by atoms with van der Waals surface area (Å²) >= 11 is 7.24. The van der Waals surface area contributed by atoms with Gasteiger partial charge in [0.2, 0.25) is 0 Å². The van der Waals surface area contributed by atoms with Crippen LogP contribution in [-0.4, -0.2) is 40.1 Å². The molecule has 126 valence electrons. The molecule has 5 N–H and O–H groups in total. The summed E-state index contributed by atoms with van der Waals surface area (Å²) in [6.07, 6.45) is 6.50. The lowest BCUT2D eigenvalue weighted by atomic mass is 10.3. The van der Waals surface area contributed by atoms with E-state index in [1.807, 2.05) is 0 Å². The number of anilines is 2. The van der Waals surface area contributed by atoms with E-state index in [-0.39, 0.29) is 23.3 Å². The maximum atomic E-state index is 8.40. The molecule has 1 fully saturated rings. The number of thioether (sulfide) groups is 1. The number of aliphatic hydroxyl groups is 1. The van der Waals surface area contributed by atoms with Gasteiger partial charge in [-0.15, -0.1) is 0 Å². The van der Waals surface area contributed by atoms with E-state index in [0.717, 1.165) is 12.2 Å². The highest BCUT2D eigenvalue weighted by Crippen LogP contribution is 2.25. The molecular weight excluding hydrogens is 324 g/mol. The van der Waals surface area contributed by atoms with Crippen LogP contribution >= 0.6 is 23.4 Å². The van der Waals surface area contributed by atoms with E-state index in [2.05, 4.69) is 16.9 Å². The van der Waals surface area contributed by atoms with Gasteiger partial charge in [-0.25, -0.2) is 9.97 Å². The fourth-order valence-corrected chi connectivity index (χ4v) is 2.90.